The Bertz CT molecular complexity index is 827. The van der Waals surface area contributed by atoms with Gasteiger partial charge < -0.3 is 16.4 Å². The fraction of sp³-hybridized carbons (Fsp3) is 0.429. The molecule has 2 aromatic heterocycles. The van der Waals surface area contributed by atoms with Crippen LogP contribution in [-0.2, 0) is 13.0 Å². The number of hydrogen-bond acceptors (Lipinski definition) is 5. The average Bonchev–Trinajstić information content (AvgIpc) is 3.13. The minimum atomic E-state index is 0.750. The van der Waals surface area contributed by atoms with Gasteiger partial charge in [-0.1, -0.05) is 50.1 Å². The van der Waals surface area contributed by atoms with Gasteiger partial charge in [0, 0.05) is 24.7 Å². The first-order valence-corrected chi connectivity index (χ1v) is 9.91. The van der Waals surface area contributed by atoms with Gasteiger partial charge >= 0.3 is 0 Å². The van der Waals surface area contributed by atoms with Gasteiger partial charge in [-0.05, 0) is 31.4 Å². The van der Waals surface area contributed by atoms with Crippen LogP contribution in [0.2, 0.25) is 0 Å². The highest BCUT2D eigenvalue weighted by atomic mass is 15.3. The first-order valence-electron chi connectivity index (χ1n) is 9.91. The van der Waals surface area contributed by atoms with E-state index in [2.05, 4.69) is 46.9 Å². The molecule has 0 saturated carbocycles. The Morgan fingerprint density at radius 1 is 1.04 bits per heavy atom. The maximum atomic E-state index is 5.55. The molecule has 144 valence electrons. The van der Waals surface area contributed by atoms with E-state index in [0.29, 0.717) is 0 Å². The largest absolute Gasteiger partial charge is 0.370 e. The molecule has 3 rings (SSSR count). The topological polar surface area (TPSA) is 80.3 Å². The number of fused-ring (bicyclic) bond motifs is 1. The first-order chi connectivity index (χ1) is 13.3. The first kappa shape index (κ1) is 19.2. The second-order valence-electron chi connectivity index (χ2n) is 6.75. The molecule has 0 aliphatic carbocycles. The van der Waals surface area contributed by atoms with Crippen LogP contribution in [0.3, 0.4) is 0 Å². The smallest absolute Gasteiger partial charge is 0.162 e. The number of hydrogen-bond donors (Lipinski definition) is 3. The zero-order valence-electron chi connectivity index (χ0n) is 16.1. The minimum Gasteiger partial charge on any atom is -0.370 e. The molecular weight excluding hydrogens is 336 g/mol. The van der Waals surface area contributed by atoms with Crippen molar-refractivity contribution in [2.24, 2.45) is 5.73 Å². The van der Waals surface area contributed by atoms with E-state index in [-0.39, 0.29) is 0 Å². The molecule has 27 heavy (non-hydrogen) atoms. The lowest BCUT2D eigenvalue weighted by Crippen LogP contribution is -2.10. The summed E-state index contributed by atoms with van der Waals surface area (Å²) in [5, 5.41) is 11.5. The van der Waals surface area contributed by atoms with Gasteiger partial charge in [-0.3, -0.25) is 0 Å². The summed E-state index contributed by atoms with van der Waals surface area (Å²) < 4.78 is 1.90. The van der Waals surface area contributed by atoms with E-state index in [4.69, 9.17) is 10.7 Å². The van der Waals surface area contributed by atoms with Gasteiger partial charge in [0.15, 0.2) is 5.65 Å². The van der Waals surface area contributed by atoms with Gasteiger partial charge in [0.05, 0.1) is 6.20 Å². The zero-order valence-corrected chi connectivity index (χ0v) is 16.1. The molecule has 0 atom stereocenters. The fourth-order valence-corrected chi connectivity index (χ4v) is 3.10. The number of nitrogens with one attached hydrogen (secondary N) is 2. The van der Waals surface area contributed by atoms with Crippen molar-refractivity contribution in [2.45, 2.75) is 45.6 Å². The Hall–Kier alpha value is -2.60. The average molecular weight is 367 g/mol. The summed E-state index contributed by atoms with van der Waals surface area (Å²) in [4.78, 5) is 4.78. The number of unbranched alkanes of at least 4 members (excludes halogenated alkanes) is 3. The standard InChI is InChI=1S/C21H30N6/c1-2-18-16-25-27-20(24-15-17-10-6-5-7-11-17)14-19(26-21(18)27)23-13-9-4-3-8-12-22/h5-7,10-11,14,16,24H,2-4,8-9,12-13,15,22H2,1H3,(H,23,26). The third kappa shape index (κ3) is 5.20. The molecule has 0 fully saturated rings. The molecule has 6 nitrogen and oxygen atoms in total. The van der Waals surface area contributed by atoms with Gasteiger partial charge in [-0.15, -0.1) is 0 Å². The second-order valence-corrected chi connectivity index (χ2v) is 6.75. The van der Waals surface area contributed by atoms with E-state index in [9.17, 15) is 0 Å². The molecule has 0 radical (unpaired) electrons. The normalized spacial score (nSPS) is 11.0. The van der Waals surface area contributed by atoms with E-state index >= 15 is 0 Å². The molecule has 0 bridgehead atoms. The quantitative estimate of drug-likeness (QED) is 0.449. The molecular formula is C21H30N6. The Balaban J connectivity index is 1.71. The highest BCUT2D eigenvalue weighted by molar-refractivity contribution is 5.60. The molecule has 0 saturated heterocycles. The van der Waals surface area contributed by atoms with Gasteiger partial charge in [-0.2, -0.15) is 9.61 Å². The molecule has 0 unspecified atom stereocenters. The monoisotopic (exact) mass is 366 g/mol. The molecule has 0 spiro atoms. The lowest BCUT2D eigenvalue weighted by molar-refractivity contribution is 0.661. The maximum Gasteiger partial charge on any atom is 0.162 e. The molecule has 0 amide bonds. The molecule has 6 heteroatoms. The van der Waals surface area contributed by atoms with Crippen LogP contribution < -0.4 is 16.4 Å². The third-order valence-electron chi connectivity index (χ3n) is 4.68. The predicted molar refractivity (Wildman–Crippen MR) is 112 cm³/mol. The van der Waals surface area contributed by atoms with Crippen LogP contribution in [0.25, 0.3) is 5.65 Å². The van der Waals surface area contributed by atoms with Crippen molar-refractivity contribution in [1.29, 1.82) is 0 Å². The van der Waals surface area contributed by atoms with Crippen LogP contribution in [0, 0.1) is 0 Å². The van der Waals surface area contributed by atoms with E-state index in [1.54, 1.807) is 0 Å². The molecule has 2 heterocycles. The van der Waals surface area contributed by atoms with Crippen LogP contribution >= 0.6 is 0 Å². The molecule has 4 N–H and O–H groups in total. The number of aromatic nitrogens is 3. The summed E-state index contributed by atoms with van der Waals surface area (Å²) in [6, 6.07) is 12.4. The fourth-order valence-electron chi connectivity index (χ4n) is 3.10. The zero-order chi connectivity index (χ0) is 18.9. The summed E-state index contributed by atoms with van der Waals surface area (Å²) in [7, 11) is 0. The predicted octanol–water partition coefficient (Wildman–Crippen LogP) is 3.83. The molecule has 0 aliphatic rings. The van der Waals surface area contributed by atoms with Crippen molar-refractivity contribution < 1.29 is 0 Å². The summed E-state index contributed by atoms with van der Waals surface area (Å²) in [6.07, 6.45) is 7.44. The summed E-state index contributed by atoms with van der Waals surface area (Å²) in [5.41, 5.74) is 8.86. The lowest BCUT2D eigenvalue weighted by atomic mass is 10.2. The van der Waals surface area contributed by atoms with Crippen molar-refractivity contribution in [3.8, 4) is 0 Å². The van der Waals surface area contributed by atoms with Crippen molar-refractivity contribution in [3.63, 3.8) is 0 Å². The molecule has 1 aromatic carbocycles. The SMILES string of the molecule is CCc1cnn2c(NCc3ccccc3)cc(NCCCCCCN)nc12. The van der Waals surface area contributed by atoms with Crippen LogP contribution in [-0.4, -0.2) is 27.7 Å². The van der Waals surface area contributed by atoms with Crippen LogP contribution in [0.15, 0.2) is 42.6 Å². The molecule has 0 aliphatic heterocycles. The van der Waals surface area contributed by atoms with Gasteiger partial charge in [0.1, 0.15) is 11.6 Å². The van der Waals surface area contributed by atoms with Crippen LogP contribution in [0.4, 0.5) is 11.6 Å². The number of benzene rings is 1. The molecule has 3 aromatic rings. The van der Waals surface area contributed by atoms with E-state index in [1.807, 2.05) is 22.8 Å². The Morgan fingerprint density at radius 2 is 1.85 bits per heavy atom. The third-order valence-corrected chi connectivity index (χ3v) is 4.68. The van der Waals surface area contributed by atoms with Crippen molar-refractivity contribution in [1.82, 2.24) is 14.6 Å². The lowest BCUT2D eigenvalue weighted by Gasteiger charge is -2.12. The highest BCUT2D eigenvalue weighted by Crippen LogP contribution is 2.20. The van der Waals surface area contributed by atoms with Crippen molar-refractivity contribution in [2.75, 3.05) is 23.7 Å². The maximum absolute atomic E-state index is 5.55. The van der Waals surface area contributed by atoms with Crippen LogP contribution in [0.5, 0.6) is 0 Å². The van der Waals surface area contributed by atoms with E-state index in [0.717, 1.165) is 61.7 Å². The summed E-state index contributed by atoms with van der Waals surface area (Å²) in [5.74, 6) is 1.85. The van der Waals surface area contributed by atoms with Crippen molar-refractivity contribution in [3.05, 3.63) is 53.7 Å². The number of nitrogens with zero attached hydrogens (tertiary/aromatic N) is 3. The number of anilines is 2. The van der Waals surface area contributed by atoms with E-state index < -0.39 is 0 Å². The Morgan fingerprint density at radius 3 is 2.63 bits per heavy atom. The number of aryl methyl sites for hydroxylation is 1. The summed E-state index contributed by atoms with van der Waals surface area (Å²) in [6.45, 7) is 4.58. The van der Waals surface area contributed by atoms with Crippen LogP contribution in [0.1, 0.15) is 43.7 Å². The van der Waals surface area contributed by atoms with Gasteiger partial charge in [0.2, 0.25) is 0 Å². The Labute approximate surface area is 161 Å². The van der Waals surface area contributed by atoms with E-state index in [1.165, 1.54) is 18.4 Å². The van der Waals surface area contributed by atoms with Crippen molar-refractivity contribution >= 4 is 17.3 Å². The minimum absolute atomic E-state index is 0.750. The second kappa shape index (κ2) is 9.92. The Kier molecular flexibility index (Phi) is 7.04. The highest BCUT2D eigenvalue weighted by Gasteiger charge is 2.10. The number of rotatable bonds is 11. The van der Waals surface area contributed by atoms with Gasteiger partial charge in [-0.25, -0.2) is 4.98 Å². The van der Waals surface area contributed by atoms with Gasteiger partial charge in [0.25, 0.3) is 0 Å². The number of nitrogens with two attached hydrogens (primary N) is 1. The summed E-state index contributed by atoms with van der Waals surface area (Å²) >= 11 is 0.